The largest absolute Gasteiger partial charge is 0.500 e. The van der Waals surface area contributed by atoms with Gasteiger partial charge in [-0.2, -0.15) is 8.42 Å². The first kappa shape index (κ1) is 17.0. The Bertz CT molecular complexity index is 297. The fraction of sp³-hybridized carbons (Fsp3) is 1.00. The molecule has 0 aromatic heterocycles. The highest BCUT2D eigenvalue weighted by Gasteiger charge is 2.38. The van der Waals surface area contributed by atoms with Gasteiger partial charge in [0, 0.05) is 27.4 Å². The van der Waals surface area contributed by atoms with Gasteiger partial charge in [-0.3, -0.25) is 4.18 Å². The molecule has 1 atom stereocenters. The standard InChI is InChI=1S/C8H21NO6SSi/c1-5-16(10,11)15-8(9)6-7-17(12-2,13-3)14-4/h8H,5-7,9H2,1-4H3. The highest BCUT2D eigenvalue weighted by Crippen LogP contribution is 2.16. The molecule has 2 N–H and O–H groups in total. The molecule has 0 radical (unpaired) electrons. The van der Waals surface area contributed by atoms with E-state index in [-0.39, 0.29) is 12.2 Å². The molecule has 0 fully saturated rings. The Kier molecular flexibility index (Phi) is 7.40. The Balaban J connectivity index is 4.27. The van der Waals surface area contributed by atoms with Crippen molar-refractivity contribution in [1.82, 2.24) is 0 Å². The van der Waals surface area contributed by atoms with Crippen LogP contribution in [-0.2, 0) is 27.6 Å². The lowest BCUT2D eigenvalue weighted by atomic mass is 10.4. The predicted molar refractivity (Wildman–Crippen MR) is 64.7 cm³/mol. The third kappa shape index (κ3) is 5.90. The van der Waals surface area contributed by atoms with E-state index in [1.54, 1.807) is 0 Å². The number of nitrogens with two attached hydrogens (primary N) is 1. The molecule has 17 heavy (non-hydrogen) atoms. The van der Waals surface area contributed by atoms with Crippen molar-refractivity contribution in [2.24, 2.45) is 5.73 Å². The van der Waals surface area contributed by atoms with Crippen LogP contribution >= 0.6 is 0 Å². The van der Waals surface area contributed by atoms with Crippen molar-refractivity contribution in [3.05, 3.63) is 0 Å². The minimum atomic E-state index is -3.54. The summed E-state index contributed by atoms with van der Waals surface area (Å²) in [5.41, 5.74) is 5.56. The van der Waals surface area contributed by atoms with Gasteiger partial charge in [-0.25, -0.2) is 0 Å². The number of hydrogen-bond donors (Lipinski definition) is 1. The topological polar surface area (TPSA) is 97.1 Å². The molecule has 0 amide bonds. The van der Waals surface area contributed by atoms with Crippen LogP contribution in [0.25, 0.3) is 0 Å². The van der Waals surface area contributed by atoms with Gasteiger partial charge in [0.25, 0.3) is 10.1 Å². The van der Waals surface area contributed by atoms with Gasteiger partial charge < -0.3 is 19.0 Å². The maximum atomic E-state index is 11.2. The van der Waals surface area contributed by atoms with Crippen molar-refractivity contribution in [2.75, 3.05) is 27.1 Å². The third-order valence-electron chi connectivity index (χ3n) is 2.29. The third-order valence-corrected chi connectivity index (χ3v) is 6.31. The van der Waals surface area contributed by atoms with E-state index in [1.807, 2.05) is 0 Å². The lowest BCUT2D eigenvalue weighted by Gasteiger charge is -2.25. The van der Waals surface area contributed by atoms with E-state index in [9.17, 15) is 8.42 Å². The quantitative estimate of drug-likeness (QED) is 0.359. The Hall–Kier alpha value is -0.0331. The maximum absolute atomic E-state index is 11.2. The van der Waals surface area contributed by atoms with Crippen molar-refractivity contribution >= 4 is 18.9 Å². The zero-order chi connectivity index (χ0) is 13.5. The second-order valence-corrected chi connectivity index (χ2v) is 8.29. The summed E-state index contributed by atoms with van der Waals surface area (Å²) in [6.45, 7) is 1.49. The molecular weight excluding hydrogens is 266 g/mol. The van der Waals surface area contributed by atoms with E-state index < -0.39 is 25.2 Å². The monoisotopic (exact) mass is 287 g/mol. The van der Waals surface area contributed by atoms with Crippen LogP contribution in [0.15, 0.2) is 0 Å². The molecule has 1 unspecified atom stereocenters. The Morgan fingerprint density at radius 3 is 2.00 bits per heavy atom. The zero-order valence-corrected chi connectivity index (χ0v) is 12.5. The summed E-state index contributed by atoms with van der Waals surface area (Å²) >= 11 is 0. The van der Waals surface area contributed by atoms with Crippen LogP contribution in [0.1, 0.15) is 13.3 Å². The normalized spacial score (nSPS) is 14.9. The molecule has 0 aliphatic carbocycles. The van der Waals surface area contributed by atoms with Crippen LogP contribution < -0.4 is 5.73 Å². The van der Waals surface area contributed by atoms with Crippen molar-refractivity contribution in [3.8, 4) is 0 Å². The molecule has 0 aliphatic rings. The molecule has 0 saturated carbocycles. The van der Waals surface area contributed by atoms with Crippen molar-refractivity contribution in [3.63, 3.8) is 0 Å². The van der Waals surface area contributed by atoms with Crippen LogP contribution in [0.5, 0.6) is 0 Å². The summed E-state index contributed by atoms with van der Waals surface area (Å²) < 4.78 is 42.6. The van der Waals surface area contributed by atoms with E-state index >= 15 is 0 Å². The minimum Gasteiger partial charge on any atom is -0.377 e. The summed E-state index contributed by atoms with van der Waals surface area (Å²) in [7, 11) is -1.82. The van der Waals surface area contributed by atoms with Crippen molar-refractivity contribution in [1.29, 1.82) is 0 Å². The van der Waals surface area contributed by atoms with Crippen LogP contribution in [0.3, 0.4) is 0 Å². The molecule has 0 aromatic rings. The summed E-state index contributed by atoms with van der Waals surface area (Å²) in [6, 6.07) is 0.386. The van der Waals surface area contributed by atoms with Crippen LogP contribution in [0.4, 0.5) is 0 Å². The van der Waals surface area contributed by atoms with Gasteiger partial charge in [-0.1, -0.05) is 0 Å². The molecule has 0 rings (SSSR count). The van der Waals surface area contributed by atoms with Crippen LogP contribution in [0, 0.1) is 0 Å². The summed E-state index contributed by atoms with van der Waals surface area (Å²) in [4.78, 5) is 0. The molecule has 0 heterocycles. The first-order chi connectivity index (χ1) is 7.84. The van der Waals surface area contributed by atoms with Gasteiger partial charge in [0.15, 0.2) is 0 Å². The summed E-state index contributed by atoms with van der Waals surface area (Å²) in [5.74, 6) is -0.109. The van der Waals surface area contributed by atoms with Crippen LogP contribution in [-0.4, -0.2) is 50.5 Å². The van der Waals surface area contributed by atoms with Gasteiger partial charge >= 0.3 is 8.80 Å². The average Bonchev–Trinajstić information content (AvgIpc) is 2.31. The first-order valence-corrected chi connectivity index (χ1v) is 8.67. The molecule has 104 valence electrons. The van der Waals surface area contributed by atoms with E-state index in [0.717, 1.165) is 0 Å². The molecule has 0 spiro atoms. The smallest absolute Gasteiger partial charge is 0.377 e. The second-order valence-electron chi connectivity index (χ2n) is 3.32. The van der Waals surface area contributed by atoms with E-state index in [2.05, 4.69) is 0 Å². The van der Waals surface area contributed by atoms with E-state index in [4.69, 9.17) is 23.2 Å². The number of rotatable bonds is 9. The lowest BCUT2D eigenvalue weighted by molar-refractivity contribution is 0.116. The maximum Gasteiger partial charge on any atom is 0.500 e. The fourth-order valence-electron chi connectivity index (χ4n) is 1.18. The lowest BCUT2D eigenvalue weighted by Crippen LogP contribution is -2.44. The van der Waals surface area contributed by atoms with Crippen molar-refractivity contribution < 1.29 is 25.9 Å². The predicted octanol–water partition coefficient (Wildman–Crippen LogP) is -0.0943. The van der Waals surface area contributed by atoms with Gasteiger partial charge in [0.05, 0.1) is 5.75 Å². The zero-order valence-electron chi connectivity index (χ0n) is 10.6. The molecular formula is C8H21NO6SSi. The van der Waals surface area contributed by atoms with Gasteiger partial charge in [-0.15, -0.1) is 0 Å². The second kappa shape index (κ2) is 7.41. The molecule has 9 heteroatoms. The van der Waals surface area contributed by atoms with Gasteiger partial charge in [-0.05, 0) is 13.3 Å². The van der Waals surface area contributed by atoms with Crippen LogP contribution in [0.2, 0.25) is 6.04 Å². The fourth-order valence-corrected chi connectivity index (χ4v) is 3.54. The molecule has 0 aliphatic heterocycles. The summed E-state index contributed by atoms with van der Waals surface area (Å²) in [5, 5.41) is 0. The van der Waals surface area contributed by atoms with E-state index in [0.29, 0.717) is 6.04 Å². The molecule has 0 bridgehead atoms. The molecule has 0 saturated heterocycles. The van der Waals surface area contributed by atoms with E-state index in [1.165, 1.54) is 28.3 Å². The SMILES string of the molecule is CCS(=O)(=O)OC(N)CC[Si](OC)(OC)OC. The Labute approximate surface area is 104 Å². The minimum absolute atomic E-state index is 0.109. The Morgan fingerprint density at radius 1 is 1.18 bits per heavy atom. The average molecular weight is 287 g/mol. The van der Waals surface area contributed by atoms with Crippen molar-refractivity contribution in [2.45, 2.75) is 25.6 Å². The Morgan fingerprint density at radius 2 is 1.65 bits per heavy atom. The molecule has 0 aromatic carbocycles. The number of hydrogen-bond acceptors (Lipinski definition) is 7. The molecule has 7 nitrogen and oxygen atoms in total. The van der Waals surface area contributed by atoms with Gasteiger partial charge in [0.1, 0.15) is 6.23 Å². The van der Waals surface area contributed by atoms with Gasteiger partial charge in [0.2, 0.25) is 0 Å². The highest BCUT2D eigenvalue weighted by molar-refractivity contribution is 7.86. The highest BCUT2D eigenvalue weighted by atomic mass is 32.2. The first-order valence-electron chi connectivity index (χ1n) is 5.16. The summed E-state index contributed by atoms with van der Waals surface area (Å²) in [6.07, 6.45) is -0.631.